The number of benzene rings is 2. The Morgan fingerprint density at radius 2 is 0.547 bits per heavy atom. The molecule has 0 unspecified atom stereocenters. The maximum atomic E-state index is 11.9. The van der Waals surface area contributed by atoms with Crippen LogP contribution in [0.2, 0.25) is 0 Å². The molecule has 0 aromatic heterocycles. The molecular formula is C80H151N25O39S4. The Hall–Kier alpha value is -12.3. The van der Waals surface area contributed by atoms with Crippen molar-refractivity contribution in [2.45, 2.75) is 207 Å². The van der Waals surface area contributed by atoms with Gasteiger partial charge in [0, 0.05) is 17.3 Å². The number of primary amides is 3. The van der Waals surface area contributed by atoms with Crippen molar-refractivity contribution in [3.63, 3.8) is 0 Å². The molecule has 0 saturated heterocycles. The zero-order valence-corrected chi connectivity index (χ0v) is 85.0. The molecule has 0 bridgehead atoms. The molecule has 0 heterocycles. The summed E-state index contributed by atoms with van der Waals surface area (Å²) < 4.78 is 27.9. The van der Waals surface area contributed by atoms with Gasteiger partial charge < -0.3 is 228 Å². The third-order valence-electron chi connectivity index (χ3n) is 15.5. The summed E-state index contributed by atoms with van der Waals surface area (Å²) in [5.74, 6) is -18.5. The fourth-order valence-corrected chi connectivity index (χ4v) is 7.97. The largest absolute Gasteiger partial charge is 0.480 e. The Bertz CT molecular complexity index is 4090. The summed E-state index contributed by atoms with van der Waals surface area (Å²) >= 11 is 12.6. The van der Waals surface area contributed by atoms with Gasteiger partial charge in [0.2, 0.25) is 17.7 Å². The number of carboxylic acids is 11. The molecule has 3 amide bonds. The van der Waals surface area contributed by atoms with Crippen LogP contribution in [0.4, 0.5) is 0 Å². The second-order valence-electron chi connectivity index (χ2n) is 29.0. The summed E-state index contributed by atoms with van der Waals surface area (Å²) in [6.07, 6.45) is 8.11. The van der Waals surface area contributed by atoms with Gasteiger partial charge in [-0.2, -0.15) is 49.6 Å². The lowest BCUT2D eigenvalue weighted by Gasteiger charge is -2.14. The molecule has 0 fully saturated rings. The van der Waals surface area contributed by atoms with Crippen molar-refractivity contribution in [3.05, 3.63) is 59.7 Å². The third-order valence-corrected chi connectivity index (χ3v) is 17.3. The number of esters is 8. The lowest BCUT2D eigenvalue weighted by atomic mass is 10.1. The van der Waals surface area contributed by atoms with E-state index in [4.69, 9.17) is 198 Å². The number of carboxylic acid groups (broad SMARTS) is 11. The third kappa shape index (κ3) is 106. The number of hydrogen-bond donors (Lipinski definition) is 39. The molecule has 2 aromatic carbocycles. The fourth-order valence-electron chi connectivity index (χ4n) is 7.02. The van der Waals surface area contributed by atoms with Crippen LogP contribution in [0.15, 0.2) is 48.5 Å². The van der Waals surface area contributed by atoms with Gasteiger partial charge in [-0.05, 0) is 139 Å². The van der Waals surface area contributed by atoms with Crippen molar-refractivity contribution in [3.8, 4) is 11.5 Å². The second kappa shape index (κ2) is 99.3. The number of amides is 3. The standard InChI is InChI=1S/C16H22N4O7.C13H17N3O5.C10H18N4O6.3C6H14N2O2.C5H11NO2S.C4H8N2O3.3C3H7NO2S.C3H7NO2.C2H5NO2/c17-6-13(21)25-8-12(20)16(24)27-15(23)11(19)5-9-1-3-10(4-2-9)26-14(22)7-18;14-9(12(18)19)5-7-1-3-8(4-2-7)21-13(20)10(15)6-11(16)17;1-4(11)8(16)19-3-6(13)10(18)20-9(17)5(12)2-7(14)15;3*7-4-2-1-3-5(8)6(9)10;1-9-3-2-4(6)5(7)8;5-2(4(8)9)1-3(6)7;3*4-2(1-7)3(5)6;1-2(4)3(5)6;3-1-2(4)5/h1-4,11-12H,5-8,17-20H2;1-4,9-10H,5-6,14-15H2,(H2,16,17)(H,18,19);4-6H,2-3,11-13H2,1H3,(H2,14,15);3*5H,1-4,7-8H2,(H,9,10);4H,2-3,6H2,1H3,(H,7,8);2H,1,5H2,(H2,6,7)(H,8,9);3*2,7H,1,4H2,(H,5,6);2H,4H2,1H3,(H,5,6);1,3H2,(H,4,5)/t11-,12-;9-,10-;4-,5-,6-;3*5-;4-;5*2-;/m000000000000./s1. The van der Waals surface area contributed by atoms with Crippen LogP contribution in [0.25, 0.3) is 0 Å². The Morgan fingerprint density at radius 3 is 0.784 bits per heavy atom. The van der Waals surface area contributed by atoms with E-state index in [1.54, 1.807) is 36.0 Å². The van der Waals surface area contributed by atoms with Gasteiger partial charge in [0.05, 0.1) is 38.9 Å². The lowest BCUT2D eigenvalue weighted by Crippen LogP contribution is -2.44. The molecule has 0 radical (unpaired) electrons. The minimum Gasteiger partial charge on any atom is -0.480 e. The smallest absolute Gasteiger partial charge is 0.334 e. The highest BCUT2D eigenvalue weighted by atomic mass is 32.2. The van der Waals surface area contributed by atoms with Gasteiger partial charge in [0.25, 0.3) is 0 Å². The quantitative estimate of drug-likeness (QED) is 0.00730. The van der Waals surface area contributed by atoms with Crippen molar-refractivity contribution in [1.29, 1.82) is 0 Å². The highest BCUT2D eigenvalue weighted by molar-refractivity contribution is 7.98. The Morgan fingerprint density at radius 1 is 0.291 bits per heavy atom. The summed E-state index contributed by atoms with van der Waals surface area (Å²) in [5.41, 5.74) is 129. The van der Waals surface area contributed by atoms with Gasteiger partial charge in [-0.25, -0.2) is 24.0 Å². The molecule has 0 aliphatic rings. The molecule has 0 aliphatic carbocycles. The van der Waals surface area contributed by atoms with Crippen LogP contribution in [-0.2, 0) is 137 Å². The molecule has 148 heavy (non-hydrogen) atoms. The maximum Gasteiger partial charge on any atom is 0.334 e. The van der Waals surface area contributed by atoms with Crippen LogP contribution < -0.4 is 153 Å². The highest BCUT2D eigenvalue weighted by Gasteiger charge is 2.28. The van der Waals surface area contributed by atoms with Gasteiger partial charge in [0.1, 0.15) is 121 Å². The number of hydrogen-bond acceptors (Lipinski definition) is 54. The highest BCUT2D eigenvalue weighted by Crippen LogP contribution is 2.16. The number of unbranched alkanes of at least 4 members (excludes halogenated alkanes) is 3. The first kappa shape index (κ1) is 158. The molecule has 0 spiro atoms. The van der Waals surface area contributed by atoms with Crippen LogP contribution in [0.5, 0.6) is 11.5 Å². The van der Waals surface area contributed by atoms with Crippen LogP contribution in [0.1, 0.15) is 108 Å². The zero-order valence-electron chi connectivity index (χ0n) is 81.5. The van der Waals surface area contributed by atoms with Gasteiger partial charge >= 0.3 is 113 Å². The first-order valence-corrected chi connectivity index (χ1v) is 46.1. The van der Waals surface area contributed by atoms with Crippen LogP contribution in [0, 0.1) is 0 Å². The van der Waals surface area contributed by atoms with Gasteiger partial charge in [0.15, 0.2) is 0 Å². The zero-order chi connectivity index (χ0) is 118. The molecule has 2 aromatic rings. The van der Waals surface area contributed by atoms with Crippen LogP contribution >= 0.6 is 49.6 Å². The number of aliphatic carboxylic acids is 11. The van der Waals surface area contributed by atoms with E-state index in [0.717, 1.165) is 44.3 Å². The van der Waals surface area contributed by atoms with E-state index in [2.05, 4.69) is 68.3 Å². The summed E-state index contributed by atoms with van der Waals surface area (Å²) in [7, 11) is 0. The Balaban J connectivity index is -0.000000158. The molecule has 0 saturated carbocycles. The molecule has 68 heteroatoms. The topological polar surface area (TPSA) is 1300 Å². The van der Waals surface area contributed by atoms with Gasteiger partial charge in [-0.1, -0.05) is 43.5 Å². The fraction of sp³-hybridized carbons (Fsp3) is 0.575. The van der Waals surface area contributed by atoms with E-state index in [0.29, 0.717) is 62.2 Å². The SMILES string of the molecule is CSCC[C@H](N)C(=O)O.C[C@H](N)C(=O)O.C[C@H](N)C(=O)OC[C@H](N)C(=O)OC(=O)[C@@H](N)CC(N)=O.NC(=O)C[C@H](N)C(=O)O.NC(=O)C[C@H](N)C(=O)Oc1ccc(C[C@H](N)C(=O)O)cc1.NCC(=O)O.NCC(=O)OC[C@H](N)C(=O)OC(=O)[C@@H](N)Cc1ccc(OC(=O)CN)cc1.NCCCC[C@H](N)C(=O)O.NCCCC[C@H](N)C(=O)O.NCCCC[C@H](N)C(=O)O.N[C@@H](CS)C(=O)O.N[C@@H](CS)C(=O)O.N[C@@H](CS)C(=O)O. The van der Waals surface area contributed by atoms with Gasteiger partial charge in [-0.15, -0.1) is 0 Å². The van der Waals surface area contributed by atoms with E-state index in [1.165, 1.54) is 38.1 Å². The molecule has 854 valence electrons. The maximum absolute atomic E-state index is 11.9. The van der Waals surface area contributed by atoms with Crippen LogP contribution in [0.3, 0.4) is 0 Å². The number of rotatable bonds is 53. The Labute approximate surface area is 869 Å². The van der Waals surface area contributed by atoms with Crippen molar-refractivity contribution in [1.82, 2.24) is 0 Å². The van der Waals surface area contributed by atoms with E-state index in [-0.39, 0.29) is 68.3 Å². The van der Waals surface area contributed by atoms with Crippen molar-refractivity contribution < 1.29 is 190 Å². The van der Waals surface area contributed by atoms with E-state index >= 15 is 0 Å². The monoisotopic (exact) mass is 2210 g/mol. The number of nitrogens with two attached hydrogens (primary N) is 25. The minimum absolute atomic E-state index is 0.0641. The number of thiol groups is 3. The lowest BCUT2D eigenvalue weighted by molar-refractivity contribution is -0.165. The predicted molar refractivity (Wildman–Crippen MR) is 540 cm³/mol. The minimum atomic E-state index is -1.37. The number of carbonyl (C=O) groups excluding carboxylic acids is 11. The van der Waals surface area contributed by atoms with Crippen molar-refractivity contribution in [2.75, 3.05) is 81.7 Å². The molecule has 2 rings (SSSR count). The molecule has 64 nitrogen and oxygen atoms in total. The normalized spacial score (nSPS) is 13.1. The van der Waals surface area contributed by atoms with E-state index in [9.17, 15) is 105 Å². The molecule has 0 aliphatic heterocycles. The second-order valence-corrected chi connectivity index (χ2v) is 31.1. The van der Waals surface area contributed by atoms with Crippen molar-refractivity contribution in [2.24, 2.45) is 143 Å². The first-order chi connectivity index (χ1) is 68.4. The predicted octanol–water partition coefficient (Wildman–Crippen LogP) is -14.0. The van der Waals surface area contributed by atoms with E-state index < -0.39 is 247 Å². The summed E-state index contributed by atoms with van der Waals surface area (Å²) in [4.78, 5) is 231. The summed E-state index contributed by atoms with van der Waals surface area (Å²) in [5, 5.41) is 89.5. The number of carbonyl (C=O) groups is 22. The average molecular weight is 2220 g/mol. The van der Waals surface area contributed by atoms with Crippen LogP contribution in [-0.4, -0.2) is 366 Å². The first-order valence-electron chi connectivity index (χ1n) is 42.8. The molecular weight excluding hydrogens is 2060 g/mol. The molecule has 16 atom stereocenters. The Kier molecular flexibility index (Phi) is 106. The number of ether oxygens (including phenoxy) is 6. The molecule has 61 N–H and O–H groups in total. The van der Waals surface area contributed by atoms with Gasteiger partial charge in [-0.3, -0.25) is 81.5 Å². The summed E-state index contributed by atoms with van der Waals surface area (Å²) in [6, 6.07) is -3.04. The van der Waals surface area contributed by atoms with E-state index in [1.807, 2.05) is 6.26 Å². The number of thioether (sulfide) groups is 1. The average Bonchev–Trinajstić information content (AvgIpc) is 0.882. The summed E-state index contributed by atoms with van der Waals surface area (Å²) in [6.45, 7) is 2.75. The van der Waals surface area contributed by atoms with Crippen molar-refractivity contribution >= 4 is 181 Å².